The van der Waals surface area contributed by atoms with E-state index in [-0.39, 0.29) is 24.9 Å². The SMILES string of the molecule is CCOC(=O)C1CCN(C(=O)OCc2ccccc2)C(C#N)C1. The molecule has 122 valence electrons. The Morgan fingerprint density at radius 1 is 1.30 bits per heavy atom. The van der Waals surface area contributed by atoms with E-state index < -0.39 is 12.1 Å². The van der Waals surface area contributed by atoms with E-state index in [4.69, 9.17) is 9.47 Å². The van der Waals surface area contributed by atoms with E-state index in [1.54, 1.807) is 6.92 Å². The number of carbonyl (C=O) groups is 2. The van der Waals surface area contributed by atoms with Gasteiger partial charge >= 0.3 is 12.1 Å². The molecular weight excluding hydrogens is 296 g/mol. The maximum absolute atomic E-state index is 12.2. The van der Waals surface area contributed by atoms with Gasteiger partial charge in [0.25, 0.3) is 0 Å². The Balaban J connectivity index is 1.91. The predicted molar refractivity (Wildman–Crippen MR) is 82.1 cm³/mol. The summed E-state index contributed by atoms with van der Waals surface area (Å²) in [6, 6.07) is 10.8. The topological polar surface area (TPSA) is 79.6 Å². The Morgan fingerprint density at radius 3 is 2.70 bits per heavy atom. The first kappa shape index (κ1) is 16.8. The molecule has 6 nitrogen and oxygen atoms in total. The lowest BCUT2D eigenvalue weighted by molar-refractivity contribution is -0.149. The molecular formula is C17H20N2O4. The highest BCUT2D eigenvalue weighted by atomic mass is 16.6. The van der Waals surface area contributed by atoms with Gasteiger partial charge in [0.15, 0.2) is 0 Å². The molecule has 1 aliphatic rings. The zero-order chi connectivity index (χ0) is 16.7. The summed E-state index contributed by atoms with van der Waals surface area (Å²) < 4.78 is 10.3. The number of hydrogen-bond donors (Lipinski definition) is 0. The van der Waals surface area contributed by atoms with Gasteiger partial charge in [0.1, 0.15) is 12.6 Å². The summed E-state index contributed by atoms with van der Waals surface area (Å²) in [5, 5.41) is 9.27. The number of rotatable bonds is 4. The van der Waals surface area contributed by atoms with Crippen LogP contribution in [0.2, 0.25) is 0 Å². The van der Waals surface area contributed by atoms with Gasteiger partial charge in [-0.2, -0.15) is 5.26 Å². The van der Waals surface area contributed by atoms with Crippen LogP contribution in [0.25, 0.3) is 0 Å². The molecule has 0 spiro atoms. The monoisotopic (exact) mass is 316 g/mol. The molecule has 0 saturated carbocycles. The second-order valence-electron chi connectivity index (χ2n) is 5.35. The standard InChI is InChI=1S/C17H20N2O4/c1-2-22-16(20)14-8-9-19(15(10-14)11-18)17(21)23-12-13-6-4-3-5-7-13/h3-7,14-15H,2,8-10,12H2,1H3. The van der Waals surface area contributed by atoms with Crippen LogP contribution >= 0.6 is 0 Å². The minimum Gasteiger partial charge on any atom is -0.466 e. The summed E-state index contributed by atoms with van der Waals surface area (Å²) in [6.45, 7) is 2.54. The summed E-state index contributed by atoms with van der Waals surface area (Å²) >= 11 is 0. The van der Waals surface area contributed by atoms with Gasteiger partial charge in [-0.25, -0.2) is 4.79 Å². The van der Waals surface area contributed by atoms with Gasteiger partial charge in [0.05, 0.1) is 18.6 Å². The number of likely N-dealkylation sites (tertiary alicyclic amines) is 1. The van der Waals surface area contributed by atoms with E-state index in [1.165, 1.54) is 4.90 Å². The smallest absolute Gasteiger partial charge is 0.411 e. The molecule has 0 aliphatic carbocycles. The number of nitriles is 1. The van der Waals surface area contributed by atoms with Gasteiger partial charge in [-0.1, -0.05) is 30.3 Å². The van der Waals surface area contributed by atoms with Crippen LogP contribution in [0.15, 0.2) is 30.3 Å². The van der Waals surface area contributed by atoms with Crippen molar-refractivity contribution < 1.29 is 19.1 Å². The molecule has 1 aliphatic heterocycles. The first-order chi connectivity index (χ1) is 11.2. The van der Waals surface area contributed by atoms with Crippen LogP contribution in [-0.2, 0) is 20.9 Å². The number of carbonyl (C=O) groups excluding carboxylic acids is 2. The molecule has 0 N–H and O–H groups in total. The van der Waals surface area contributed by atoms with E-state index in [0.717, 1.165) is 5.56 Å². The Morgan fingerprint density at radius 2 is 2.04 bits per heavy atom. The van der Waals surface area contributed by atoms with Crippen LogP contribution in [0.4, 0.5) is 4.79 Å². The number of benzene rings is 1. The third kappa shape index (κ3) is 4.46. The summed E-state index contributed by atoms with van der Waals surface area (Å²) in [5.74, 6) is -0.636. The first-order valence-corrected chi connectivity index (χ1v) is 7.69. The lowest BCUT2D eigenvalue weighted by atomic mass is 9.92. The van der Waals surface area contributed by atoms with Crippen molar-refractivity contribution in [1.82, 2.24) is 4.90 Å². The molecule has 2 atom stereocenters. The van der Waals surface area contributed by atoms with Crippen molar-refractivity contribution >= 4 is 12.1 Å². The Labute approximate surface area is 135 Å². The third-order valence-electron chi connectivity index (χ3n) is 3.81. The molecule has 1 fully saturated rings. The van der Waals surface area contributed by atoms with Crippen molar-refractivity contribution in [1.29, 1.82) is 5.26 Å². The lowest BCUT2D eigenvalue weighted by Crippen LogP contribution is -2.47. The van der Waals surface area contributed by atoms with E-state index >= 15 is 0 Å². The molecule has 2 rings (SSSR count). The predicted octanol–water partition coefficient (Wildman–Crippen LogP) is 2.49. The fraction of sp³-hybridized carbons (Fsp3) is 0.471. The quantitative estimate of drug-likeness (QED) is 0.797. The summed E-state index contributed by atoms with van der Waals surface area (Å²) in [6.07, 6.45) is 0.246. The highest BCUT2D eigenvalue weighted by molar-refractivity contribution is 5.74. The van der Waals surface area contributed by atoms with Crippen molar-refractivity contribution in [3.63, 3.8) is 0 Å². The summed E-state index contributed by atoms with van der Waals surface area (Å²) in [7, 11) is 0. The molecule has 1 heterocycles. The largest absolute Gasteiger partial charge is 0.466 e. The Bertz CT molecular complexity index is 582. The average Bonchev–Trinajstić information content (AvgIpc) is 2.60. The number of amides is 1. The Kier molecular flexibility index (Phi) is 5.98. The molecule has 0 aromatic heterocycles. The zero-order valence-electron chi connectivity index (χ0n) is 13.1. The molecule has 1 aromatic rings. The highest BCUT2D eigenvalue weighted by Crippen LogP contribution is 2.24. The molecule has 1 saturated heterocycles. The van der Waals surface area contributed by atoms with Crippen molar-refractivity contribution in [2.45, 2.75) is 32.4 Å². The Hall–Kier alpha value is -2.55. The molecule has 0 radical (unpaired) electrons. The molecule has 1 amide bonds. The fourth-order valence-corrected chi connectivity index (χ4v) is 2.58. The number of esters is 1. The second-order valence-corrected chi connectivity index (χ2v) is 5.35. The molecule has 1 aromatic carbocycles. The normalized spacial score (nSPS) is 20.4. The molecule has 0 bridgehead atoms. The molecule has 2 unspecified atom stereocenters. The van der Waals surface area contributed by atoms with Crippen molar-refractivity contribution in [2.24, 2.45) is 5.92 Å². The maximum atomic E-state index is 12.2. The minimum atomic E-state index is -0.665. The van der Waals surface area contributed by atoms with Crippen LogP contribution in [0, 0.1) is 17.2 Å². The number of ether oxygens (including phenoxy) is 2. The number of piperidine rings is 1. The van der Waals surface area contributed by atoms with E-state index in [0.29, 0.717) is 19.6 Å². The number of hydrogen-bond acceptors (Lipinski definition) is 5. The van der Waals surface area contributed by atoms with Gasteiger partial charge in [0.2, 0.25) is 0 Å². The second kappa shape index (κ2) is 8.18. The van der Waals surface area contributed by atoms with Gasteiger partial charge in [0, 0.05) is 6.54 Å². The van der Waals surface area contributed by atoms with Gasteiger partial charge in [-0.3, -0.25) is 9.69 Å². The van der Waals surface area contributed by atoms with E-state index in [9.17, 15) is 14.9 Å². The fourth-order valence-electron chi connectivity index (χ4n) is 2.58. The zero-order valence-corrected chi connectivity index (χ0v) is 13.1. The van der Waals surface area contributed by atoms with Gasteiger partial charge in [-0.05, 0) is 25.3 Å². The maximum Gasteiger partial charge on any atom is 0.411 e. The van der Waals surface area contributed by atoms with Crippen LogP contribution in [0.3, 0.4) is 0 Å². The molecule has 23 heavy (non-hydrogen) atoms. The van der Waals surface area contributed by atoms with Crippen LogP contribution < -0.4 is 0 Å². The highest BCUT2D eigenvalue weighted by Gasteiger charge is 2.36. The van der Waals surface area contributed by atoms with Crippen molar-refractivity contribution in [3.05, 3.63) is 35.9 Å². The molecule has 6 heteroatoms. The summed E-state index contributed by atoms with van der Waals surface area (Å²) in [4.78, 5) is 25.3. The van der Waals surface area contributed by atoms with Crippen LogP contribution in [0.1, 0.15) is 25.3 Å². The average molecular weight is 316 g/mol. The first-order valence-electron chi connectivity index (χ1n) is 7.69. The minimum absolute atomic E-state index is 0.162. The van der Waals surface area contributed by atoms with E-state index in [2.05, 4.69) is 6.07 Å². The van der Waals surface area contributed by atoms with Crippen molar-refractivity contribution in [2.75, 3.05) is 13.2 Å². The lowest BCUT2D eigenvalue weighted by Gasteiger charge is -2.34. The summed E-state index contributed by atoms with van der Waals surface area (Å²) in [5.41, 5.74) is 0.885. The van der Waals surface area contributed by atoms with Crippen LogP contribution in [0.5, 0.6) is 0 Å². The van der Waals surface area contributed by atoms with E-state index in [1.807, 2.05) is 30.3 Å². The van der Waals surface area contributed by atoms with Crippen LogP contribution in [-0.4, -0.2) is 36.2 Å². The number of nitrogens with zero attached hydrogens (tertiary/aromatic N) is 2. The third-order valence-corrected chi connectivity index (χ3v) is 3.81. The van der Waals surface area contributed by atoms with Crippen molar-refractivity contribution in [3.8, 4) is 6.07 Å². The van der Waals surface area contributed by atoms with Gasteiger partial charge in [-0.15, -0.1) is 0 Å². The van der Waals surface area contributed by atoms with Gasteiger partial charge < -0.3 is 9.47 Å².